The number of amides is 1. The number of nitrogens with zero attached hydrogens (tertiary/aromatic N) is 1. The zero-order chi connectivity index (χ0) is 16.8. The van der Waals surface area contributed by atoms with Crippen molar-refractivity contribution >= 4 is 29.0 Å². The number of nitrogens with one attached hydrogen (secondary N) is 1. The minimum absolute atomic E-state index is 0.0386. The van der Waals surface area contributed by atoms with Crippen LogP contribution in [0.3, 0.4) is 0 Å². The van der Waals surface area contributed by atoms with Gasteiger partial charge in [-0.15, -0.1) is 23.1 Å². The van der Waals surface area contributed by atoms with Crippen molar-refractivity contribution in [2.45, 2.75) is 44.1 Å². The fourth-order valence-electron chi connectivity index (χ4n) is 2.02. The number of aryl methyl sites for hydroxylation is 2. The lowest BCUT2D eigenvalue weighted by Crippen LogP contribution is -2.30. The lowest BCUT2D eigenvalue weighted by molar-refractivity contribution is -0.120. The summed E-state index contributed by atoms with van der Waals surface area (Å²) in [5.41, 5.74) is 2.18. The molecule has 1 atom stereocenters. The quantitative estimate of drug-likeness (QED) is 0.774. The maximum absolute atomic E-state index is 12.3. The van der Waals surface area contributed by atoms with Crippen molar-refractivity contribution in [1.82, 2.24) is 10.3 Å². The number of thiazole rings is 1. The van der Waals surface area contributed by atoms with Crippen molar-refractivity contribution in [2.24, 2.45) is 0 Å². The molecule has 2 rings (SSSR count). The number of hydrogen-bond acceptors (Lipinski definition) is 5. The van der Waals surface area contributed by atoms with Gasteiger partial charge in [-0.05, 0) is 32.9 Å². The van der Waals surface area contributed by atoms with Crippen molar-refractivity contribution in [3.8, 4) is 0 Å². The van der Waals surface area contributed by atoms with E-state index >= 15 is 0 Å². The zero-order valence-corrected chi connectivity index (χ0v) is 15.5. The first-order valence-electron chi connectivity index (χ1n) is 7.44. The molecule has 4 nitrogen and oxygen atoms in total. The average molecular weight is 351 g/mol. The van der Waals surface area contributed by atoms with Crippen molar-refractivity contribution < 1.29 is 9.53 Å². The molecule has 23 heavy (non-hydrogen) atoms. The van der Waals surface area contributed by atoms with Gasteiger partial charge in [-0.1, -0.05) is 17.7 Å². The van der Waals surface area contributed by atoms with Crippen LogP contribution in [0.1, 0.15) is 28.1 Å². The molecule has 0 aliphatic heterocycles. The molecule has 0 unspecified atom stereocenters. The third-order valence-electron chi connectivity index (χ3n) is 3.33. The Morgan fingerprint density at radius 2 is 2.04 bits per heavy atom. The number of methoxy groups -OCH3 is 1. The van der Waals surface area contributed by atoms with E-state index in [-0.39, 0.29) is 11.2 Å². The monoisotopic (exact) mass is 350 g/mol. The van der Waals surface area contributed by atoms with Crippen LogP contribution in [0, 0.1) is 13.8 Å². The summed E-state index contributed by atoms with van der Waals surface area (Å²) < 4.78 is 5.09. The Hall–Kier alpha value is -1.37. The minimum Gasteiger partial charge on any atom is -0.378 e. The molecule has 0 bridgehead atoms. The summed E-state index contributed by atoms with van der Waals surface area (Å²) in [6.07, 6.45) is 0. The molecule has 124 valence electrons. The number of thioether (sulfide) groups is 1. The fraction of sp³-hybridized carbons (Fsp3) is 0.412. The van der Waals surface area contributed by atoms with Crippen LogP contribution in [0.4, 0.5) is 0 Å². The molecule has 0 aliphatic rings. The van der Waals surface area contributed by atoms with Crippen LogP contribution >= 0.6 is 23.1 Å². The van der Waals surface area contributed by atoms with E-state index in [4.69, 9.17) is 4.74 Å². The molecular weight excluding hydrogens is 328 g/mol. The SMILES string of the molecule is COCc1nc(C)c(CNC(=O)[C@H](C)Sc2ccc(C)cc2)s1. The average Bonchev–Trinajstić information content (AvgIpc) is 2.87. The lowest BCUT2D eigenvalue weighted by atomic mass is 10.2. The van der Waals surface area contributed by atoms with Gasteiger partial charge in [0, 0.05) is 16.9 Å². The van der Waals surface area contributed by atoms with Gasteiger partial charge < -0.3 is 10.1 Å². The van der Waals surface area contributed by atoms with Gasteiger partial charge in [0.25, 0.3) is 0 Å². The molecule has 6 heteroatoms. The molecule has 0 radical (unpaired) electrons. The predicted molar refractivity (Wildman–Crippen MR) is 95.9 cm³/mol. The van der Waals surface area contributed by atoms with Gasteiger partial charge in [0.05, 0.1) is 24.1 Å². The van der Waals surface area contributed by atoms with Gasteiger partial charge in [0.1, 0.15) is 5.01 Å². The lowest BCUT2D eigenvalue weighted by Gasteiger charge is -2.11. The van der Waals surface area contributed by atoms with Gasteiger partial charge in [0.15, 0.2) is 0 Å². The van der Waals surface area contributed by atoms with E-state index in [1.165, 1.54) is 5.56 Å². The van der Waals surface area contributed by atoms with Crippen LogP contribution in [0.2, 0.25) is 0 Å². The van der Waals surface area contributed by atoms with Crippen LogP contribution in [0.25, 0.3) is 0 Å². The second-order valence-corrected chi connectivity index (χ2v) is 7.92. The molecule has 1 N–H and O–H groups in total. The summed E-state index contributed by atoms with van der Waals surface area (Å²) in [5, 5.41) is 3.80. The first-order valence-corrected chi connectivity index (χ1v) is 9.14. The van der Waals surface area contributed by atoms with E-state index < -0.39 is 0 Å². The van der Waals surface area contributed by atoms with E-state index in [2.05, 4.69) is 29.4 Å². The summed E-state index contributed by atoms with van der Waals surface area (Å²) in [5.74, 6) is 0.0386. The van der Waals surface area contributed by atoms with Gasteiger partial charge in [-0.25, -0.2) is 4.98 Å². The Bertz CT molecular complexity index is 653. The molecule has 0 fully saturated rings. The normalized spacial score (nSPS) is 12.2. The summed E-state index contributed by atoms with van der Waals surface area (Å²) in [4.78, 5) is 18.9. The van der Waals surface area contributed by atoms with Gasteiger partial charge in [-0.3, -0.25) is 4.79 Å². The molecule has 2 aromatic rings. The molecule has 1 aromatic carbocycles. The Morgan fingerprint density at radius 3 is 2.70 bits per heavy atom. The van der Waals surface area contributed by atoms with Crippen LogP contribution in [0.15, 0.2) is 29.2 Å². The Kier molecular flexibility index (Phi) is 6.62. The Labute approximate surface area is 145 Å². The smallest absolute Gasteiger partial charge is 0.233 e. The van der Waals surface area contributed by atoms with E-state index in [1.54, 1.807) is 30.2 Å². The van der Waals surface area contributed by atoms with E-state index in [1.807, 2.05) is 26.0 Å². The Balaban J connectivity index is 1.87. The highest BCUT2D eigenvalue weighted by Gasteiger charge is 2.15. The number of carbonyl (C=O) groups is 1. The number of ether oxygens (including phenoxy) is 1. The minimum atomic E-state index is -0.135. The number of benzene rings is 1. The van der Waals surface area contributed by atoms with Gasteiger partial charge >= 0.3 is 0 Å². The van der Waals surface area contributed by atoms with Crippen LogP contribution in [-0.2, 0) is 22.7 Å². The number of carbonyl (C=O) groups excluding carboxylic acids is 1. The molecular formula is C17H22N2O2S2. The summed E-state index contributed by atoms with van der Waals surface area (Å²) in [7, 11) is 1.65. The number of rotatable bonds is 7. The van der Waals surface area contributed by atoms with Gasteiger partial charge in [0.2, 0.25) is 5.91 Å². The molecule has 0 saturated carbocycles. The van der Waals surface area contributed by atoms with E-state index in [0.29, 0.717) is 13.2 Å². The summed E-state index contributed by atoms with van der Waals surface area (Å²) in [6, 6.07) is 8.22. The van der Waals surface area contributed by atoms with Crippen molar-refractivity contribution in [1.29, 1.82) is 0 Å². The highest BCUT2D eigenvalue weighted by molar-refractivity contribution is 8.00. The fourth-order valence-corrected chi connectivity index (χ4v) is 3.90. The topological polar surface area (TPSA) is 51.2 Å². The van der Waals surface area contributed by atoms with Crippen molar-refractivity contribution in [3.63, 3.8) is 0 Å². The highest BCUT2D eigenvalue weighted by atomic mass is 32.2. The first kappa shape index (κ1) is 18.0. The largest absolute Gasteiger partial charge is 0.378 e. The third kappa shape index (κ3) is 5.34. The molecule has 0 spiro atoms. The van der Waals surface area contributed by atoms with E-state index in [9.17, 15) is 4.79 Å². The van der Waals surface area contributed by atoms with Crippen molar-refractivity contribution in [2.75, 3.05) is 7.11 Å². The second kappa shape index (κ2) is 8.47. The molecule has 0 aliphatic carbocycles. The third-order valence-corrected chi connectivity index (χ3v) is 5.57. The van der Waals surface area contributed by atoms with Crippen LogP contribution in [0.5, 0.6) is 0 Å². The van der Waals surface area contributed by atoms with Crippen LogP contribution in [-0.4, -0.2) is 23.3 Å². The zero-order valence-electron chi connectivity index (χ0n) is 13.9. The van der Waals surface area contributed by atoms with Gasteiger partial charge in [-0.2, -0.15) is 0 Å². The maximum Gasteiger partial charge on any atom is 0.233 e. The number of aromatic nitrogens is 1. The van der Waals surface area contributed by atoms with Crippen LogP contribution < -0.4 is 5.32 Å². The molecule has 1 aromatic heterocycles. The summed E-state index contributed by atoms with van der Waals surface area (Å²) in [6.45, 7) is 6.97. The van der Waals surface area contributed by atoms with E-state index in [0.717, 1.165) is 20.5 Å². The molecule has 1 amide bonds. The molecule has 1 heterocycles. The Morgan fingerprint density at radius 1 is 1.35 bits per heavy atom. The van der Waals surface area contributed by atoms with Crippen molar-refractivity contribution in [3.05, 3.63) is 45.4 Å². The highest BCUT2D eigenvalue weighted by Crippen LogP contribution is 2.24. The predicted octanol–water partition coefficient (Wildman–Crippen LogP) is 3.70. The maximum atomic E-state index is 12.3. The molecule has 0 saturated heterocycles. The standard InChI is InChI=1S/C17H22N2O2S2/c1-11-5-7-14(8-6-11)22-13(3)17(20)18-9-15-12(2)19-16(23-15)10-21-4/h5-8,13H,9-10H2,1-4H3,(H,18,20)/t13-/m0/s1. The summed E-state index contributed by atoms with van der Waals surface area (Å²) >= 11 is 3.15. The number of hydrogen-bond donors (Lipinski definition) is 1. The second-order valence-electron chi connectivity index (χ2n) is 5.34. The first-order chi connectivity index (χ1) is 11.0.